The van der Waals surface area contributed by atoms with Gasteiger partial charge in [0.15, 0.2) is 0 Å². The zero-order chi connectivity index (χ0) is 21.5. The number of anilines is 1. The van der Waals surface area contributed by atoms with Crippen molar-refractivity contribution in [1.29, 1.82) is 5.26 Å². The Morgan fingerprint density at radius 2 is 1.81 bits per heavy atom. The van der Waals surface area contributed by atoms with Gasteiger partial charge in [0.1, 0.15) is 0 Å². The van der Waals surface area contributed by atoms with Crippen LogP contribution in [0.1, 0.15) is 36.8 Å². The molecule has 0 radical (unpaired) electrons. The first-order valence-electron chi connectivity index (χ1n) is 11.5. The summed E-state index contributed by atoms with van der Waals surface area (Å²) in [6.45, 7) is 5.04. The summed E-state index contributed by atoms with van der Waals surface area (Å²) in [4.78, 5) is 17.3. The first kappa shape index (κ1) is 21.4. The van der Waals surface area contributed by atoms with Crippen LogP contribution in [0, 0.1) is 23.2 Å². The van der Waals surface area contributed by atoms with Crippen LogP contribution in [0.4, 0.5) is 10.5 Å². The van der Waals surface area contributed by atoms with Gasteiger partial charge in [0.05, 0.1) is 11.6 Å². The Balaban J connectivity index is 1.23. The van der Waals surface area contributed by atoms with E-state index in [0.717, 1.165) is 32.0 Å². The highest BCUT2D eigenvalue weighted by Gasteiger charge is 2.27. The molecule has 31 heavy (non-hydrogen) atoms. The molecule has 162 valence electrons. The Morgan fingerprint density at radius 1 is 1.00 bits per heavy atom. The van der Waals surface area contributed by atoms with Crippen molar-refractivity contribution in [2.24, 2.45) is 11.8 Å². The van der Waals surface area contributed by atoms with Crippen LogP contribution in [0.25, 0.3) is 0 Å². The highest BCUT2D eigenvalue weighted by molar-refractivity contribution is 5.89. The van der Waals surface area contributed by atoms with Gasteiger partial charge in [-0.1, -0.05) is 36.4 Å². The fourth-order valence-corrected chi connectivity index (χ4v) is 4.95. The maximum Gasteiger partial charge on any atom is 0.321 e. The van der Waals surface area contributed by atoms with Gasteiger partial charge < -0.3 is 15.1 Å². The molecule has 2 amide bonds. The molecule has 1 atom stereocenters. The molecular weight excluding hydrogens is 384 g/mol. The molecule has 2 aromatic rings. The van der Waals surface area contributed by atoms with Crippen LogP contribution in [0.15, 0.2) is 54.6 Å². The van der Waals surface area contributed by atoms with Crippen molar-refractivity contribution >= 4 is 11.7 Å². The van der Waals surface area contributed by atoms with E-state index in [0.29, 0.717) is 17.2 Å². The normalized spacial score (nSPS) is 20.2. The fourth-order valence-electron chi connectivity index (χ4n) is 4.95. The van der Waals surface area contributed by atoms with Crippen molar-refractivity contribution in [3.05, 3.63) is 65.7 Å². The molecule has 2 aliphatic rings. The standard InChI is InChI=1S/C26H32N4O/c27-18-23-8-4-10-25(17-23)28-26(31)30-13-5-9-24(20-30)19-29-14-11-22(12-15-29)16-21-6-2-1-3-7-21/h1-4,6-8,10,17,22,24H,5,9,11-16,19-20H2,(H,28,31). The largest absolute Gasteiger partial charge is 0.324 e. The molecule has 1 unspecified atom stereocenters. The quantitative estimate of drug-likeness (QED) is 0.765. The second-order valence-corrected chi connectivity index (χ2v) is 9.01. The molecule has 2 fully saturated rings. The number of carbonyl (C=O) groups excluding carboxylic acids is 1. The number of carbonyl (C=O) groups is 1. The molecule has 2 heterocycles. The van der Waals surface area contributed by atoms with E-state index >= 15 is 0 Å². The summed E-state index contributed by atoms with van der Waals surface area (Å²) in [5.41, 5.74) is 2.70. The van der Waals surface area contributed by atoms with E-state index in [1.54, 1.807) is 18.2 Å². The first-order chi connectivity index (χ1) is 15.2. The number of urea groups is 1. The molecule has 0 spiro atoms. The van der Waals surface area contributed by atoms with Gasteiger partial charge in [-0.15, -0.1) is 0 Å². The number of hydrogen-bond acceptors (Lipinski definition) is 3. The Labute approximate surface area is 185 Å². The van der Waals surface area contributed by atoms with Gasteiger partial charge in [-0.3, -0.25) is 0 Å². The summed E-state index contributed by atoms with van der Waals surface area (Å²) in [7, 11) is 0. The number of piperidine rings is 2. The third-order valence-corrected chi connectivity index (χ3v) is 6.64. The number of hydrogen-bond donors (Lipinski definition) is 1. The SMILES string of the molecule is N#Cc1cccc(NC(=O)N2CCCC(CN3CCC(Cc4ccccc4)CC3)C2)c1. The Morgan fingerprint density at radius 3 is 2.58 bits per heavy atom. The van der Waals surface area contributed by atoms with Crippen LogP contribution in [0.5, 0.6) is 0 Å². The summed E-state index contributed by atoms with van der Waals surface area (Å²) in [5, 5.41) is 12.0. The van der Waals surface area contributed by atoms with Gasteiger partial charge in [0, 0.05) is 25.3 Å². The second kappa shape index (κ2) is 10.5. The summed E-state index contributed by atoms with van der Waals surface area (Å²) in [5.74, 6) is 1.33. The molecule has 0 saturated carbocycles. The van der Waals surface area contributed by atoms with Crippen molar-refractivity contribution in [1.82, 2.24) is 9.80 Å². The Hall–Kier alpha value is -2.84. The zero-order valence-corrected chi connectivity index (χ0v) is 18.2. The number of amides is 2. The van der Waals surface area contributed by atoms with Gasteiger partial charge in [0.2, 0.25) is 0 Å². The van der Waals surface area contributed by atoms with Gasteiger partial charge in [-0.25, -0.2) is 4.79 Å². The van der Waals surface area contributed by atoms with E-state index in [9.17, 15) is 4.79 Å². The van der Waals surface area contributed by atoms with Crippen molar-refractivity contribution in [3.8, 4) is 6.07 Å². The molecule has 2 saturated heterocycles. The molecule has 1 N–H and O–H groups in total. The van der Waals surface area contributed by atoms with Crippen LogP contribution in [-0.2, 0) is 6.42 Å². The van der Waals surface area contributed by atoms with E-state index in [2.05, 4.69) is 46.6 Å². The summed E-state index contributed by atoms with van der Waals surface area (Å²) >= 11 is 0. The summed E-state index contributed by atoms with van der Waals surface area (Å²) in [6, 6.07) is 20.0. The van der Waals surface area contributed by atoms with Crippen molar-refractivity contribution in [3.63, 3.8) is 0 Å². The Bertz CT molecular complexity index is 899. The zero-order valence-electron chi connectivity index (χ0n) is 18.2. The van der Waals surface area contributed by atoms with E-state index in [-0.39, 0.29) is 6.03 Å². The average Bonchev–Trinajstić information content (AvgIpc) is 2.81. The third-order valence-electron chi connectivity index (χ3n) is 6.64. The highest BCUT2D eigenvalue weighted by atomic mass is 16.2. The maximum atomic E-state index is 12.7. The topological polar surface area (TPSA) is 59.4 Å². The van der Waals surface area contributed by atoms with Gasteiger partial charge in [0.25, 0.3) is 0 Å². The third kappa shape index (κ3) is 6.08. The number of likely N-dealkylation sites (tertiary alicyclic amines) is 2. The molecule has 2 aliphatic heterocycles. The molecule has 0 aliphatic carbocycles. The molecule has 5 nitrogen and oxygen atoms in total. The molecule has 5 heteroatoms. The minimum absolute atomic E-state index is 0.0543. The molecule has 0 bridgehead atoms. The maximum absolute atomic E-state index is 12.7. The van der Waals surface area contributed by atoms with Crippen LogP contribution < -0.4 is 5.32 Å². The van der Waals surface area contributed by atoms with E-state index in [1.807, 2.05) is 11.0 Å². The van der Waals surface area contributed by atoms with E-state index in [1.165, 1.54) is 44.3 Å². The van der Waals surface area contributed by atoms with Crippen LogP contribution in [-0.4, -0.2) is 48.6 Å². The lowest BCUT2D eigenvalue weighted by Gasteiger charge is -2.38. The average molecular weight is 417 g/mol. The van der Waals surface area contributed by atoms with Crippen LogP contribution in [0.2, 0.25) is 0 Å². The number of nitrogens with one attached hydrogen (secondary N) is 1. The fraction of sp³-hybridized carbons (Fsp3) is 0.462. The molecular formula is C26H32N4O. The minimum Gasteiger partial charge on any atom is -0.324 e. The van der Waals surface area contributed by atoms with Gasteiger partial charge >= 0.3 is 6.03 Å². The summed E-state index contributed by atoms with van der Waals surface area (Å²) < 4.78 is 0. The predicted molar refractivity (Wildman–Crippen MR) is 124 cm³/mol. The minimum atomic E-state index is -0.0543. The number of benzene rings is 2. The summed E-state index contributed by atoms with van der Waals surface area (Å²) in [6.07, 6.45) is 5.97. The van der Waals surface area contributed by atoms with Crippen LogP contribution >= 0.6 is 0 Å². The molecule has 0 aromatic heterocycles. The Kier molecular flexibility index (Phi) is 7.22. The van der Waals surface area contributed by atoms with E-state index in [4.69, 9.17) is 5.26 Å². The lowest BCUT2D eigenvalue weighted by Crippen LogP contribution is -2.46. The highest BCUT2D eigenvalue weighted by Crippen LogP contribution is 2.25. The van der Waals surface area contributed by atoms with Crippen molar-refractivity contribution in [2.45, 2.75) is 32.1 Å². The van der Waals surface area contributed by atoms with Gasteiger partial charge in [-0.05, 0) is 80.8 Å². The number of nitriles is 1. The smallest absolute Gasteiger partial charge is 0.321 e. The van der Waals surface area contributed by atoms with Crippen molar-refractivity contribution < 1.29 is 4.79 Å². The molecule has 2 aromatic carbocycles. The number of rotatable bonds is 5. The lowest BCUT2D eigenvalue weighted by molar-refractivity contribution is 0.121. The van der Waals surface area contributed by atoms with Gasteiger partial charge in [-0.2, -0.15) is 5.26 Å². The molecule has 4 rings (SSSR count). The lowest BCUT2D eigenvalue weighted by atomic mass is 9.89. The second-order valence-electron chi connectivity index (χ2n) is 9.01. The van der Waals surface area contributed by atoms with E-state index < -0.39 is 0 Å². The first-order valence-corrected chi connectivity index (χ1v) is 11.5. The number of nitrogens with zero attached hydrogens (tertiary/aromatic N) is 3. The monoisotopic (exact) mass is 416 g/mol. The van der Waals surface area contributed by atoms with Crippen LogP contribution in [0.3, 0.4) is 0 Å². The predicted octanol–water partition coefficient (Wildman–Crippen LogP) is 4.76. The van der Waals surface area contributed by atoms with Crippen molar-refractivity contribution in [2.75, 3.05) is 38.0 Å².